The number of fused-ring (bicyclic) bond motifs is 7. The molecule has 304 valence electrons. The zero-order valence-electron chi connectivity index (χ0n) is 39.9. The van der Waals surface area contributed by atoms with Crippen LogP contribution >= 0.6 is 0 Å². The lowest BCUT2D eigenvalue weighted by Gasteiger charge is -2.45. The number of hydrogen-bond donors (Lipinski definition) is 0. The number of nitrogens with zero attached hydrogens (tertiary/aromatic N) is 3. The van der Waals surface area contributed by atoms with Crippen molar-refractivity contribution in [1.82, 2.24) is 14.0 Å². The van der Waals surface area contributed by atoms with Crippen LogP contribution in [0.4, 0.5) is 0 Å². The highest BCUT2D eigenvalue weighted by molar-refractivity contribution is 7.20. The summed E-state index contributed by atoms with van der Waals surface area (Å²) in [6.07, 6.45) is -3.92. The zero-order chi connectivity index (χ0) is 45.6. The van der Waals surface area contributed by atoms with Crippen LogP contribution in [-0.2, 0) is 5.41 Å². The van der Waals surface area contributed by atoms with Gasteiger partial charge < -0.3 is 4.74 Å². The summed E-state index contributed by atoms with van der Waals surface area (Å²) < 4.78 is 53.5. The maximum Gasteiger partial charge on any atom is 0.220 e. The third-order valence-electron chi connectivity index (χ3n) is 12.2. The van der Waals surface area contributed by atoms with E-state index in [4.69, 9.17) is 9.72 Å². The fourth-order valence-corrected chi connectivity index (χ4v) is 14.3. The molecular formula is C56H55N3OSi. The van der Waals surface area contributed by atoms with Crippen molar-refractivity contribution >= 4 is 56.7 Å². The first kappa shape index (κ1) is 34.5. The lowest BCUT2D eigenvalue weighted by Crippen LogP contribution is -2.75. The lowest BCUT2D eigenvalue weighted by atomic mass is 9.63. The topological polar surface area (TPSA) is 31.5 Å². The minimum Gasteiger partial charge on any atom is -0.457 e. The van der Waals surface area contributed by atoms with E-state index in [1.807, 2.05) is 84.0 Å². The van der Waals surface area contributed by atoms with Gasteiger partial charge in [0.05, 0.1) is 22.1 Å². The van der Waals surface area contributed by atoms with E-state index >= 15 is 0 Å². The summed E-state index contributed by atoms with van der Waals surface area (Å²) in [4.78, 5) is 5.23. The van der Waals surface area contributed by atoms with Gasteiger partial charge in [0, 0.05) is 27.7 Å². The second-order valence-corrected chi connectivity index (χ2v) is 22.7. The van der Waals surface area contributed by atoms with Crippen LogP contribution in [0.3, 0.4) is 0 Å². The summed E-state index contributed by atoms with van der Waals surface area (Å²) in [6, 6.07) is 60.7. The number of benzene rings is 7. The SMILES string of the molecule is [2H]C([2H])(CC(C)(C)C)C1(C([2H])([2H])CC(C)(C)C)c2ccccc2Oc2c1cccc2[Si](c1ccccc1)(c1ccccc1)c1cccc(-n2c3ccccc3n3c4ccccc4nc23)c1. The van der Waals surface area contributed by atoms with Crippen LogP contribution in [0.15, 0.2) is 176 Å². The van der Waals surface area contributed by atoms with Crippen LogP contribution in [0, 0.1) is 10.8 Å². The van der Waals surface area contributed by atoms with Crippen LogP contribution in [0.1, 0.15) is 83.7 Å². The van der Waals surface area contributed by atoms with Gasteiger partial charge in [-0.05, 0) is 99.6 Å². The highest BCUT2D eigenvalue weighted by atomic mass is 28.3. The van der Waals surface area contributed by atoms with Crippen molar-refractivity contribution < 1.29 is 10.2 Å². The molecule has 0 spiro atoms. The molecule has 61 heavy (non-hydrogen) atoms. The molecule has 1 aliphatic rings. The molecule has 3 heterocycles. The number of hydrogen-bond acceptors (Lipinski definition) is 2. The predicted molar refractivity (Wildman–Crippen MR) is 258 cm³/mol. The standard InChI is InChI=1S/C56H55N3OSi/c1-54(2,3)35-37-56(38-36-55(4,5)6)44-27-13-18-33-50(44)60-52-45(56)28-20-34-51(52)61(41-22-9-7-10-23-41,42-24-11-8-12-25-42)43-26-19-21-40(39-43)58-48-31-16-17-32-49(48)59-47-30-15-14-29-46(47)57-53(58)59/h7-34,39H,35-38H2,1-6H3/i37D2,38D2. The molecule has 0 radical (unpaired) electrons. The van der Waals surface area contributed by atoms with E-state index in [1.54, 1.807) is 0 Å². The average molecular weight is 818 g/mol. The number of rotatable bonds is 9. The smallest absolute Gasteiger partial charge is 0.220 e. The molecule has 0 aliphatic carbocycles. The Labute approximate surface area is 367 Å². The Kier molecular flexibility index (Phi) is 8.36. The Hall–Kier alpha value is -6.17. The third kappa shape index (κ3) is 6.53. The summed E-state index contributed by atoms with van der Waals surface area (Å²) >= 11 is 0. The third-order valence-corrected chi connectivity index (χ3v) is 16.9. The number of imidazole rings is 2. The van der Waals surface area contributed by atoms with E-state index < -0.39 is 37.1 Å². The van der Waals surface area contributed by atoms with Crippen molar-refractivity contribution in [2.45, 2.75) is 72.5 Å². The van der Waals surface area contributed by atoms with Gasteiger partial charge in [-0.15, -0.1) is 0 Å². The minimum absolute atomic E-state index is 0.117. The first-order valence-electron chi connectivity index (χ1n) is 23.5. The van der Waals surface area contributed by atoms with E-state index in [9.17, 15) is 5.48 Å². The number of para-hydroxylation sites is 6. The number of ether oxygens (including phenoxy) is 1. The van der Waals surface area contributed by atoms with Crippen LogP contribution in [-0.4, -0.2) is 22.0 Å². The Bertz CT molecular complexity index is 3170. The minimum atomic E-state index is -3.50. The van der Waals surface area contributed by atoms with E-state index in [0.717, 1.165) is 54.3 Å². The normalized spacial score (nSPS) is 15.4. The Morgan fingerprint density at radius 3 is 1.77 bits per heavy atom. The van der Waals surface area contributed by atoms with Crippen LogP contribution in [0.5, 0.6) is 11.5 Å². The molecule has 0 atom stereocenters. The van der Waals surface area contributed by atoms with Gasteiger partial charge in [0.2, 0.25) is 5.78 Å². The maximum absolute atomic E-state index is 10.4. The summed E-state index contributed by atoms with van der Waals surface area (Å²) in [5.74, 6) is 1.83. The van der Waals surface area contributed by atoms with Crippen LogP contribution in [0.25, 0.3) is 33.5 Å². The second kappa shape index (κ2) is 14.8. The second-order valence-electron chi connectivity index (χ2n) is 19.0. The molecule has 5 heteroatoms. The summed E-state index contributed by atoms with van der Waals surface area (Å²) in [6.45, 7) is 12.3. The molecule has 1 aliphatic heterocycles. The molecule has 0 fully saturated rings. The summed E-state index contributed by atoms with van der Waals surface area (Å²) in [5.41, 5.74) is 3.39. The fraction of sp³-hybridized carbons (Fsp3) is 0.232. The lowest BCUT2D eigenvalue weighted by molar-refractivity contribution is 0.253. The quantitative estimate of drug-likeness (QED) is 0.107. The molecule has 0 unspecified atom stereocenters. The average Bonchev–Trinajstić information content (AvgIpc) is 3.80. The highest BCUT2D eigenvalue weighted by Gasteiger charge is 2.49. The van der Waals surface area contributed by atoms with Gasteiger partial charge in [0.15, 0.2) is 8.07 Å². The molecular weight excluding hydrogens is 759 g/mol. The number of aromatic nitrogens is 3. The summed E-state index contributed by atoms with van der Waals surface area (Å²) in [5, 5.41) is 4.26. The van der Waals surface area contributed by atoms with Crippen LogP contribution in [0.2, 0.25) is 0 Å². The van der Waals surface area contributed by atoms with E-state index in [1.165, 1.54) is 0 Å². The predicted octanol–water partition coefficient (Wildman–Crippen LogP) is 11.9. The molecule has 0 saturated heterocycles. The van der Waals surface area contributed by atoms with E-state index in [0.29, 0.717) is 22.6 Å². The van der Waals surface area contributed by atoms with Crippen molar-refractivity contribution in [1.29, 1.82) is 0 Å². The van der Waals surface area contributed by atoms with Crippen molar-refractivity contribution in [3.05, 3.63) is 187 Å². The van der Waals surface area contributed by atoms with E-state index in [2.05, 4.69) is 142 Å². The molecule has 4 nitrogen and oxygen atoms in total. The maximum atomic E-state index is 10.4. The highest BCUT2D eigenvalue weighted by Crippen LogP contribution is 2.54. The van der Waals surface area contributed by atoms with E-state index in [-0.39, 0.29) is 12.8 Å². The molecule has 10 rings (SSSR count). The molecule has 0 saturated carbocycles. The van der Waals surface area contributed by atoms with Gasteiger partial charge in [0.25, 0.3) is 0 Å². The summed E-state index contributed by atoms with van der Waals surface area (Å²) in [7, 11) is -3.50. The monoisotopic (exact) mass is 817 g/mol. The first-order valence-corrected chi connectivity index (χ1v) is 23.5. The first-order chi connectivity index (χ1) is 31.0. The van der Waals surface area contributed by atoms with Gasteiger partial charge >= 0.3 is 0 Å². The molecule has 9 aromatic rings. The largest absolute Gasteiger partial charge is 0.457 e. The molecule has 7 aromatic carbocycles. The van der Waals surface area contributed by atoms with Gasteiger partial charge in [-0.3, -0.25) is 8.97 Å². The fourth-order valence-electron chi connectivity index (χ4n) is 9.42. The zero-order valence-corrected chi connectivity index (χ0v) is 36.9. The van der Waals surface area contributed by atoms with Gasteiger partial charge in [0.1, 0.15) is 11.5 Å². The Morgan fingerprint density at radius 2 is 1.10 bits per heavy atom. The van der Waals surface area contributed by atoms with Gasteiger partial charge in [-0.1, -0.05) is 175 Å². The molecule has 0 bridgehead atoms. The van der Waals surface area contributed by atoms with Crippen LogP contribution < -0.4 is 25.5 Å². The Balaban J connectivity index is 1.34. The van der Waals surface area contributed by atoms with Crippen molar-refractivity contribution in [2.75, 3.05) is 0 Å². The van der Waals surface area contributed by atoms with Gasteiger partial charge in [-0.2, -0.15) is 0 Å². The molecule has 0 amide bonds. The van der Waals surface area contributed by atoms with Gasteiger partial charge in [-0.25, -0.2) is 4.98 Å². The molecule has 0 N–H and O–H groups in total. The van der Waals surface area contributed by atoms with Crippen molar-refractivity contribution in [2.24, 2.45) is 10.8 Å². The van der Waals surface area contributed by atoms with Crippen molar-refractivity contribution in [3.8, 4) is 17.2 Å². The molecule has 2 aromatic heterocycles. The van der Waals surface area contributed by atoms with Crippen molar-refractivity contribution in [3.63, 3.8) is 0 Å². The Morgan fingerprint density at radius 1 is 0.557 bits per heavy atom.